The summed E-state index contributed by atoms with van der Waals surface area (Å²) in [7, 11) is 0. The fourth-order valence-electron chi connectivity index (χ4n) is 2.54. The topological polar surface area (TPSA) is 55.4 Å². The second kappa shape index (κ2) is 6.18. The lowest BCUT2D eigenvalue weighted by molar-refractivity contribution is -0.114. The van der Waals surface area contributed by atoms with E-state index in [9.17, 15) is 9.59 Å². The van der Waals surface area contributed by atoms with E-state index in [0.29, 0.717) is 10.6 Å². The number of carbonyl (C=O) groups is 2. The van der Waals surface area contributed by atoms with Crippen LogP contribution in [0.3, 0.4) is 0 Å². The van der Waals surface area contributed by atoms with Gasteiger partial charge in [-0.25, -0.2) is 4.79 Å². The van der Waals surface area contributed by atoms with Crippen molar-refractivity contribution in [1.82, 2.24) is 0 Å². The van der Waals surface area contributed by atoms with Crippen molar-refractivity contribution in [2.75, 3.05) is 5.32 Å². The first-order chi connectivity index (χ1) is 9.78. The largest absolute Gasteiger partial charge is 0.456 e. The van der Waals surface area contributed by atoms with Crippen LogP contribution in [0.4, 0.5) is 5.00 Å². The third-order valence-corrected chi connectivity index (χ3v) is 4.52. The Kier molecular flexibility index (Phi) is 4.71. The molecule has 1 aromatic heterocycles. The molecule has 1 aliphatic carbocycles. The molecule has 1 aliphatic rings. The van der Waals surface area contributed by atoms with Crippen molar-refractivity contribution in [3.63, 3.8) is 0 Å². The second-order valence-electron chi connectivity index (χ2n) is 6.45. The summed E-state index contributed by atoms with van der Waals surface area (Å²) in [4.78, 5) is 25.2. The second-order valence-corrected chi connectivity index (χ2v) is 7.56. The van der Waals surface area contributed by atoms with Gasteiger partial charge in [0.25, 0.3) is 0 Å². The van der Waals surface area contributed by atoms with Gasteiger partial charge in [0, 0.05) is 11.8 Å². The fraction of sp³-hybridized carbons (Fsp3) is 0.625. The fourth-order valence-corrected chi connectivity index (χ4v) is 3.86. The number of anilines is 1. The van der Waals surface area contributed by atoms with Gasteiger partial charge >= 0.3 is 5.97 Å². The molecule has 0 aromatic carbocycles. The van der Waals surface area contributed by atoms with Crippen LogP contribution < -0.4 is 5.32 Å². The van der Waals surface area contributed by atoms with Gasteiger partial charge in [-0.3, -0.25) is 4.79 Å². The molecule has 0 spiro atoms. The summed E-state index contributed by atoms with van der Waals surface area (Å²) >= 11 is 1.53. The minimum absolute atomic E-state index is 0.156. The Hall–Kier alpha value is -1.36. The van der Waals surface area contributed by atoms with E-state index >= 15 is 0 Å². The molecule has 1 heterocycles. The monoisotopic (exact) mass is 309 g/mol. The minimum atomic E-state index is -0.538. The summed E-state index contributed by atoms with van der Waals surface area (Å²) < 4.78 is 5.53. The summed E-state index contributed by atoms with van der Waals surface area (Å²) in [5.74, 6) is -0.484. The first-order valence-electron chi connectivity index (χ1n) is 7.43. The van der Waals surface area contributed by atoms with E-state index < -0.39 is 5.60 Å². The predicted molar refractivity (Wildman–Crippen MR) is 85.1 cm³/mol. The Morgan fingerprint density at radius 2 is 1.81 bits per heavy atom. The first-order valence-corrected chi connectivity index (χ1v) is 8.25. The van der Waals surface area contributed by atoms with Crippen LogP contribution in [0.1, 0.15) is 67.8 Å². The number of fused-ring (bicyclic) bond motifs is 1. The number of rotatable bonds is 2. The summed E-state index contributed by atoms with van der Waals surface area (Å²) in [5, 5.41) is 3.44. The summed E-state index contributed by atoms with van der Waals surface area (Å²) in [6.45, 7) is 7.03. The molecule has 0 atom stereocenters. The third-order valence-electron chi connectivity index (χ3n) is 3.31. The van der Waals surface area contributed by atoms with Crippen LogP contribution in [0.15, 0.2) is 0 Å². The van der Waals surface area contributed by atoms with Gasteiger partial charge < -0.3 is 10.1 Å². The first kappa shape index (κ1) is 16.0. The van der Waals surface area contributed by atoms with E-state index in [2.05, 4.69) is 5.32 Å². The van der Waals surface area contributed by atoms with E-state index in [4.69, 9.17) is 4.74 Å². The molecular weight excluding hydrogens is 286 g/mol. The van der Waals surface area contributed by atoms with Gasteiger partial charge in [0.05, 0.1) is 5.56 Å². The van der Waals surface area contributed by atoms with E-state index in [1.807, 2.05) is 20.8 Å². The summed E-state index contributed by atoms with van der Waals surface area (Å²) in [6, 6.07) is 0. The van der Waals surface area contributed by atoms with E-state index in [0.717, 1.165) is 31.2 Å². The Morgan fingerprint density at radius 3 is 2.43 bits per heavy atom. The Labute approximate surface area is 129 Å². The smallest absolute Gasteiger partial charge is 0.341 e. The van der Waals surface area contributed by atoms with Crippen molar-refractivity contribution in [2.24, 2.45) is 0 Å². The van der Waals surface area contributed by atoms with Crippen molar-refractivity contribution in [1.29, 1.82) is 0 Å². The predicted octanol–water partition coefficient (Wildman–Crippen LogP) is 3.93. The molecular formula is C16H23NO3S. The molecule has 0 saturated heterocycles. The van der Waals surface area contributed by atoms with Crippen LogP contribution in [0.5, 0.6) is 0 Å². The average Bonchev–Trinajstić information content (AvgIpc) is 2.50. The number of nitrogens with one attached hydrogen (secondary N) is 1. The van der Waals surface area contributed by atoms with Crippen LogP contribution in [0.25, 0.3) is 0 Å². The van der Waals surface area contributed by atoms with Crippen molar-refractivity contribution >= 4 is 28.2 Å². The van der Waals surface area contributed by atoms with Gasteiger partial charge in [0.1, 0.15) is 10.6 Å². The van der Waals surface area contributed by atoms with Crippen LogP contribution in [0.2, 0.25) is 0 Å². The number of amides is 1. The summed E-state index contributed by atoms with van der Waals surface area (Å²) in [6.07, 6.45) is 5.28. The van der Waals surface area contributed by atoms with Crippen molar-refractivity contribution < 1.29 is 14.3 Å². The Bertz CT molecular complexity index is 555. The Balaban J connectivity index is 2.42. The van der Waals surface area contributed by atoms with Gasteiger partial charge in [-0.2, -0.15) is 0 Å². The zero-order valence-corrected chi connectivity index (χ0v) is 14.0. The van der Waals surface area contributed by atoms with Crippen molar-refractivity contribution in [2.45, 2.75) is 65.4 Å². The molecule has 4 nitrogen and oxygen atoms in total. The Morgan fingerprint density at radius 1 is 1.14 bits per heavy atom. The zero-order valence-electron chi connectivity index (χ0n) is 13.2. The average molecular weight is 309 g/mol. The number of ether oxygens (including phenoxy) is 1. The van der Waals surface area contributed by atoms with Crippen molar-refractivity contribution in [3.05, 3.63) is 16.0 Å². The van der Waals surface area contributed by atoms with Crippen LogP contribution in [-0.4, -0.2) is 17.5 Å². The van der Waals surface area contributed by atoms with Gasteiger partial charge in [0.2, 0.25) is 5.91 Å². The quantitative estimate of drug-likeness (QED) is 0.665. The molecule has 1 N–H and O–H groups in total. The molecule has 1 aromatic rings. The standard InChI is InChI=1S/C16H23NO3S/c1-10(18)17-14-13(15(19)20-16(2,3)4)11-8-6-5-7-9-12(11)21-14/h5-9H2,1-4H3,(H,17,18). The van der Waals surface area contributed by atoms with Gasteiger partial charge in [-0.1, -0.05) is 6.42 Å². The maximum Gasteiger partial charge on any atom is 0.341 e. The number of aryl methyl sites for hydroxylation is 1. The van der Waals surface area contributed by atoms with Crippen molar-refractivity contribution in [3.8, 4) is 0 Å². The summed E-state index contributed by atoms with van der Waals surface area (Å²) in [5.41, 5.74) is 1.11. The van der Waals surface area contributed by atoms with Gasteiger partial charge in [-0.05, 0) is 52.0 Å². The van der Waals surface area contributed by atoms with Crippen LogP contribution in [-0.2, 0) is 22.4 Å². The molecule has 0 fully saturated rings. The minimum Gasteiger partial charge on any atom is -0.456 e. The molecule has 116 valence electrons. The van der Waals surface area contributed by atoms with E-state index in [-0.39, 0.29) is 11.9 Å². The number of esters is 1. The highest BCUT2D eigenvalue weighted by molar-refractivity contribution is 7.17. The molecule has 0 unspecified atom stereocenters. The number of thiophene rings is 1. The zero-order chi connectivity index (χ0) is 15.6. The number of hydrogen-bond donors (Lipinski definition) is 1. The molecule has 21 heavy (non-hydrogen) atoms. The maximum atomic E-state index is 12.5. The van der Waals surface area contributed by atoms with Crippen LogP contribution >= 0.6 is 11.3 Å². The third kappa shape index (κ3) is 4.06. The molecule has 0 bridgehead atoms. The molecule has 1 amide bonds. The molecule has 0 saturated carbocycles. The number of carbonyl (C=O) groups excluding carboxylic acids is 2. The highest BCUT2D eigenvalue weighted by atomic mass is 32.1. The normalized spacial score (nSPS) is 15.0. The lowest BCUT2D eigenvalue weighted by Crippen LogP contribution is -2.25. The molecule has 0 radical (unpaired) electrons. The highest BCUT2D eigenvalue weighted by Gasteiger charge is 2.28. The molecule has 2 rings (SSSR count). The maximum absolute atomic E-state index is 12.5. The van der Waals surface area contributed by atoms with E-state index in [1.165, 1.54) is 29.6 Å². The number of hydrogen-bond acceptors (Lipinski definition) is 4. The lowest BCUT2D eigenvalue weighted by Gasteiger charge is -2.20. The molecule has 5 heteroatoms. The van der Waals surface area contributed by atoms with E-state index in [1.54, 1.807) is 0 Å². The highest BCUT2D eigenvalue weighted by Crippen LogP contribution is 2.38. The van der Waals surface area contributed by atoms with Crippen LogP contribution in [0, 0.1) is 0 Å². The SMILES string of the molecule is CC(=O)Nc1sc2c(c1C(=O)OC(C)(C)C)CCCCC2. The molecule has 0 aliphatic heterocycles. The van der Waals surface area contributed by atoms with Gasteiger partial charge in [0.15, 0.2) is 0 Å². The lowest BCUT2D eigenvalue weighted by atomic mass is 10.1. The van der Waals surface area contributed by atoms with Gasteiger partial charge in [-0.15, -0.1) is 11.3 Å².